The molecule has 0 bridgehead atoms. The summed E-state index contributed by atoms with van der Waals surface area (Å²) in [5.41, 5.74) is 0.412. The number of amides is 2. The highest BCUT2D eigenvalue weighted by Gasteiger charge is 2.61. The third-order valence-corrected chi connectivity index (χ3v) is 5.22. The molecule has 1 aromatic carbocycles. The second kappa shape index (κ2) is 8.84. The summed E-state index contributed by atoms with van der Waals surface area (Å²) in [5.74, 6) is 4.76. The third kappa shape index (κ3) is 4.97. The van der Waals surface area contributed by atoms with Crippen molar-refractivity contribution >= 4 is 18.0 Å². The average Bonchev–Trinajstić information content (AvgIpc) is 2.99. The molecule has 3 atom stereocenters. The van der Waals surface area contributed by atoms with E-state index in [9.17, 15) is 14.4 Å². The molecule has 2 rings (SSSR count). The minimum absolute atomic E-state index is 0.0241. The summed E-state index contributed by atoms with van der Waals surface area (Å²) in [6.07, 6.45) is 0.737. The van der Waals surface area contributed by atoms with E-state index in [1.165, 1.54) is 5.56 Å². The highest BCUT2D eigenvalue weighted by molar-refractivity contribution is 5.83. The smallest absolute Gasteiger partial charge is 0.414 e. The Morgan fingerprint density at radius 1 is 1.14 bits per heavy atom. The van der Waals surface area contributed by atoms with E-state index in [0.29, 0.717) is 12.8 Å². The Labute approximate surface area is 166 Å². The van der Waals surface area contributed by atoms with E-state index in [-0.39, 0.29) is 12.3 Å². The molecule has 0 spiro atoms. The Balaban J connectivity index is 2.06. The molecule has 0 saturated carbocycles. The van der Waals surface area contributed by atoms with Crippen molar-refractivity contribution in [3.8, 4) is 0 Å². The molecule has 1 unspecified atom stereocenters. The molecule has 1 heterocycles. The largest absolute Gasteiger partial charge is 0.545 e. The summed E-state index contributed by atoms with van der Waals surface area (Å²) in [7, 11) is 0. The standard InChI is InChI=1S/C21H31N2O5/c1-15-13-17(18(24)12-8-11-16-9-6-5-7-10-16)14-23(15,20(26)28-22)19(25)27-21(2,3)4/h5-7,9-10,15,17H,8,11-14,22H2,1-4H3/q+1/t15-,17?,23+/m1/s1. The molecule has 2 N–H and O–H groups in total. The Bertz CT molecular complexity index is 713. The molecular weight excluding hydrogens is 360 g/mol. The number of ketones is 1. The highest BCUT2D eigenvalue weighted by atomic mass is 16.7. The molecule has 0 radical (unpaired) electrons. The third-order valence-electron chi connectivity index (χ3n) is 5.22. The van der Waals surface area contributed by atoms with E-state index in [1.54, 1.807) is 27.7 Å². The van der Waals surface area contributed by atoms with Crippen molar-refractivity contribution in [3.63, 3.8) is 0 Å². The normalized spacial score (nSPS) is 24.6. The number of benzene rings is 1. The fraction of sp³-hybridized carbons (Fsp3) is 0.571. The van der Waals surface area contributed by atoms with Crippen LogP contribution in [0.5, 0.6) is 0 Å². The van der Waals surface area contributed by atoms with Crippen LogP contribution in [-0.4, -0.2) is 40.6 Å². The van der Waals surface area contributed by atoms with E-state index in [0.717, 1.165) is 12.8 Å². The van der Waals surface area contributed by atoms with Crippen LogP contribution in [0.2, 0.25) is 0 Å². The van der Waals surface area contributed by atoms with Gasteiger partial charge in [0.25, 0.3) is 0 Å². The molecule has 1 fully saturated rings. The number of carbonyl (C=O) groups is 3. The van der Waals surface area contributed by atoms with Gasteiger partial charge in [0, 0.05) is 12.8 Å². The highest BCUT2D eigenvalue weighted by Crippen LogP contribution is 2.35. The van der Waals surface area contributed by atoms with Gasteiger partial charge in [0.05, 0.1) is 5.92 Å². The molecule has 1 aliphatic rings. The van der Waals surface area contributed by atoms with Gasteiger partial charge in [-0.1, -0.05) is 30.3 Å². The number of rotatable bonds is 5. The van der Waals surface area contributed by atoms with Gasteiger partial charge in [0.15, 0.2) is 0 Å². The van der Waals surface area contributed by atoms with Crippen LogP contribution in [0.1, 0.15) is 52.5 Å². The first-order valence-corrected chi connectivity index (χ1v) is 9.69. The molecule has 1 aromatic rings. The van der Waals surface area contributed by atoms with Crippen LogP contribution in [-0.2, 0) is 20.8 Å². The van der Waals surface area contributed by atoms with Gasteiger partial charge in [-0.3, -0.25) is 4.79 Å². The number of aryl methyl sites for hydroxylation is 1. The second-order valence-electron chi connectivity index (χ2n) is 8.50. The monoisotopic (exact) mass is 391 g/mol. The van der Waals surface area contributed by atoms with Crippen molar-refractivity contribution in [3.05, 3.63) is 35.9 Å². The first-order chi connectivity index (χ1) is 13.1. The number of carbonyl (C=O) groups excluding carboxylic acids is 3. The van der Waals surface area contributed by atoms with Gasteiger partial charge in [-0.15, -0.1) is 4.48 Å². The zero-order valence-corrected chi connectivity index (χ0v) is 17.1. The predicted octanol–water partition coefficient (Wildman–Crippen LogP) is 3.75. The van der Waals surface area contributed by atoms with Crippen LogP contribution in [0.25, 0.3) is 0 Å². The van der Waals surface area contributed by atoms with Gasteiger partial charge in [0.1, 0.15) is 24.0 Å². The maximum absolute atomic E-state index is 12.8. The number of hydrogen-bond acceptors (Lipinski definition) is 6. The minimum Gasteiger partial charge on any atom is -0.414 e. The number of nitrogens with zero attached hydrogens (tertiary/aromatic N) is 1. The van der Waals surface area contributed by atoms with Gasteiger partial charge in [-0.05, 0) is 46.1 Å². The lowest BCUT2D eigenvalue weighted by Gasteiger charge is -2.32. The SMILES string of the molecule is C[C@@H]1CC(C(=O)CCCc2ccccc2)C[N@@+]1(C(=O)ON)C(=O)OC(C)(C)C. The maximum Gasteiger partial charge on any atom is 0.545 e. The summed E-state index contributed by atoms with van der Waals surface area (Å²) in [5, 5.41) is 0. The van der Waals surface area contributed by atoms with Gasteiger partial charge in [-0.25, -0.2) is 0 Å². The summed E-state index contributed by atoms with van der Waals surface area (Å²) < 4.78 is 4.75. The van der Waals surface area contributed by atoms with Crippen molar-refractivity contribution in [1.29, 1.82) is 0 Å². The average molecular weight is 391 g/mol. The van der Waals surface area contributed by atoms with Crippen molar-refractivity contribution < 1.29 is 28.4 Å². The van der Waals surface area contributed by atoms with Gasteiger partial charge in [-0.2, -0.15) is 15.5 Å². The fourth-order valence-corrected chi connectivity index (χ4v) is 3.76. The Morgan fingerprint density at radius 2 is 1.79 bits per heavy atom. The Kier molecular flexibility index (Phi) is 6.96. The van der Waals surface area contributed by atoms with Gasteiger partial charge in [0.2, 0.25) is 0 Å². The number of quaternary nitrogens is 1. The fourth-order valence-electron chi connectivity index (χ4n) is 3.76. The first-order valence-electron chi connectivity index (χ1n) is 9.69. The molecular formula is C21H31N2O5+. The molecule has 154 valence electrons. The van der Waals surface area contributed by atoms with Crippen molar-refractivity contribution in [1.82, 2.24) is 0 Å². The molecule has 1 aliphatic heterocycles. The van der Waals surface area contributed by atoms with Crippen LogP contribution < -0.4 is 5.90 Å². The molecule has 1 saturated heterocycles. The van der Waals surface area contributed by atoms with E-state index in [2.05, 4.69) is 4.84 Å². The molecule has 7 heteroatoms. The van der Waals surface area contributed by atoms with E-state index >= 15 is 0 Å². The first kappa shape index (κ1) is 22.0. The minimum atomic E-state index is -0.888. The lowest BCUT2D eigenvalue weighted by atomic mass is 9.96. The van der Waals surface area contributed by atoms with Crippen LogP contribution in [0.3, 0.4) is 0 Å². The van der Waals surface area contributed by atoms with Gasteiger partial charge < -0.3 is 9.57 Å². The Morgan fingerprint density at radius 3 is 2.36 bits per heavy atom. The van der Waals surface area contributed by atoms with Crippen LogP contribution in [0, 0.1) is 5.92 Å². The summed E-state index contributed by atoms with van der Waals surface area (Å²) in [4.78, 5) is 42.5. The van der Waals surface area contributed by atoms with E-state index in [4.69, 9.17) is 10.6 Å². The predicted molar refractivity (Wildman–Crippen MR) is 104 cm³/mol. The second-order valence-corrected chi connectivity index (χ2v) is 8.50. The topological polar surface area (TPSA) is 95.7 Å². The summed E-state index contributed by atoms with van der Waals surface area (Å²) in [6, 6.07) is 9.52. The maximum atomic E-state index is 12.8. The molecule has 0 aromatic heterocycles. The Hall–Kier alpha value is -2.25. The van der Waals surface area contributed by atoms with E-state index in [1.807, 2.05) is 30.3 Å². The number of nitrogens with two attached hydrogens (primary N) is 1. The van der Waals surface area contributed by atoms with Crippen LogP contribution in [0.4, 0.5) is 9.59 Å². The number of imide groups is 1. The molecule has 2 amide bonds. The lowest BCUT2D eigenvalue weighted by Crippen LogP contribution is -2.61. The summed E-state index contributed by atoms with van der Waals surface area (Å²) >= 11 is 0. The van der Waals surface area contributed by atoms with Crippen LogP contribution >= 0.6 is 0 Å². The van der Waals surface area contributed by atoms with Gasteiger partial charge >= 0.3 is 12.2 Å². The van der Waals surface area contributed by atoms with Crippen molar-refractivity contribution in [2.75, 3.05) is 6.54 Å². The van der Waals surface area contributed by atoms with Crippen molar-refractivity contribution in [2.45, 2.75) is 65.0 Å². The van der Waals surface area contributed by atoms with Crippen molar-refractivity contribution in [2.24, 2.45) is 11.8 Å². The van der Waals surface area contributed by atoms with Crippen LogP contribution in [0.15, 0.2) is 30.3 Å². The zero-order valence-electron chi connectivity index (χ0n) is 17.1. The molecule has 7 nitrogen and oxygen atoms in total. The quantitative estimate of drug-likeness (QED) is 0.607. The van der Waals surface area contributed by atoms with E-state index < -0.39 is 34.2 Å². The summed E-state index contributed by atoms with van der Waals surface area (Å²) in [6.45, 7) is 6.95. The lowest BCUT2D eigenvalue weighted by molar-refractivity contribution is -0.798. The number of Topliss-reactive ketones (excluding diaryl/α,β-unsaturated/α-hetero) is 1. The molecule has 28 heavy (non-hydrogen) atoms. The number of hydrogen-bond donors (Lipinski definition) is 1. The zero-order chi connectivity index (χ0) is 20.9. The molecule has 0 aliphatic carbocycles. The number of likely N-dealkylation sites (tertiary alicyclic amines) is 1. The number of ether oxygens (including phenoxy) is 1.